The molecule has 0 N–H and O–H groups in total. The van der Waals surface area contributed by atoms with Crippen LogP contribution in [0.25, 0.3) is 28.2 Å². The molecule has 0 fully saturated rings. The van der Waals surface area contributed by atoms with Gasteiger partial charge < -0.3 is 0 Å². The number of hydrogen-bond acceptors (Lipinski definition) is 4. The highest BCUT2D eigenvalue weighted by Crippen LogP contribution is 2.29. The fraction of sp³-hybridized carbons (Fsp3) is 0.0588. The summed E-state index contributed by atoms with van der Waals surface area (Å²) in [5.41, 5.74) is 2.12. The number of hydrogen-bond donors (Lipinski definition) is 0. The minimum Gasteiger partial charge on any atom is -0.264 e. The summed E-state index contributed by atoms with van der Waals surface area (Å²) in [6.45, 7) is 0. The molecule has 0 atom stereocenters. The molecular formula is C17H10F3N5. The van der Waals surface area contributed by atoms with Crippen molar-refractivity contribution in [2.75, 3.05) is 0 Å². The first-order valence-corrected chi connectivity index (χ1v) is 7.31. The minimum atomic E-state index is -4.55. The first-order valence-electron chi connectivity index (χ1n) is 7.31. The van der Waals surface area contributed by atoms with E-state index in [1.807, 2.05) is 36.4 Å². The molecule has 0 aliphatic rings. The van der Waals surface area contributed by atoms with Gasteiger partial charge in [-0.25, -0.2) is 9.97 Å². The lowest BCUT2D eigenvalue weighted by Gasteiger charge is -2.07. The quantitative estimate of drug-likeness (QED) is 0.555. The molecule has 0 bridgehead atoms. The Morgan fingerprint density at radius 3 is 2.44 bits per heavy atom. The van der Waals surface area contributed by atoms with E-state index < -0.39 is 11.9 Å². The smallest absolute Gasteiger partial charge is 0.264 e. The van der Waals surface area contributed by atoms with E-state index in [-0.39, 0.29) is 5.78 Å². The van der Waals surface area contributed by atoms with E-state index in [4.69, 9.17) is 0 Å². The Labute approximate surface area is 139 Å². The van der Waals surface area contributed by atoms with Crippen LogP contribution in [0.3, 0.4) is 0 Å². The van der Waals surface area contributed by atoms with Gasteiger partial charge in [0.1, 0.15) is 0 Å². The third-order valence-electron chi connectivity index (χ3n) is 3.68. The Kier molecular flexibility index (Phi) is 3.45. The summed E-state index contributed by atoms with van der Waals surface area (Å²) >= 11 is 0. The number of pyridine rings is 1. The lowest BCUT2D eigenvalue weighted by Crippen LogP contribution is -2.11. The van der Waals surface area contributed by atoms with E-state index in [2.05, 4.69) is 20.1 Å². The molecule has 4 rings (SSSR count). The maximum absolute atomic E-state index is 12.7. The third kappa shape index (κ3) is 2.82. The summed E-state index contributed by atoms with van der Waals surface area (Å²) in [4.78, 5) is 11.6. The molecule has 0 aliphatic carbocycles. The van der Waals surface area contributed by atoms with Crippen molar-refractivity contribution < 1.29 is 13.2 Å². The number of nitrogens with zero attached hydrogens (tertiary/aromatic N) is 5. The second kappa shape index (κ2) is 5.66. The molecule has 5 nitrogen and oxygen atoms in total. The van der Waals surface area contributed by atoms with E-state index >= 15 is 0 Å². The summed E-state index contributed by atoms with van der Waals surface area (Å²) < 4.78 is 39.5. The molecule has 124 valence electrons. The Hall–Kier alpha value is -3.29. The van der Waals surface area contributed by atoms with Crippen molar-refractivity contribution in [3.63, 3.8) is 0 Å². The summed E-state index contributed by atoms with van der Waals surface area (Å²) in [6, 6.07) is 11.3. The molecule has 8 heteroatoms. The Balaban J connectivity index is 1.80. The van der Waals surface area contributed by atoms with Crippen LogP contribution in [-0.2, 0) is 6.18 Å². The predicted molar refractivity (Wildman–Crippen MR) is 84.5 cm³/mol. The number of benzene rings is 1. The molecule has 0 radical (unpaired) electrons. The molecule has 1 aromatic carbocycles. The zero-order chi connectivity index (χ0) is 17.4. The zero-order valence-electron chi connectivity index (χ0n) is 12.6. The predicted octanol–water partition coefficient (Wildman–Crippen LogP) is 3.87. The van der Waals surface area contributed by atoms with E-state index in [0.29, 0.717) is 11.9 Å². The normalized spacial score (nSPS) is 11.8. The van der Waals surface area contributed by atoms with Crippen molar-refractivity contribution in [2.45, 2.75) is 6.18 Å². The summed E-state index contributed by atoms with van der Waals surface area (Å²) in [5.74, 6) is -0.100. The van der Waals surface area contributed by atoms with Gasteiger partial charge in [0.05, 0.1) is 18.1 Å². The average molecular weight is 341 g/mol. The Morgan fingerprint density at radius 1 is 0.880 bits per heavy atom. The molecule has 25 heavy (non-hydrogen) atoms. The first-order chi connectivity index (χ1) is 12.0. The molecule has 0 saturated carbocycles. The number of halogens is 3. The summed E-state index contributed by atoms with van der Waals surface area (Å²) in [6.07, 6.45) is 1.02. The van der Waals surface area contributed by atoms with Crippen LogP contribution in [0.4, 0.5) is 13.2 Å². The van der Waals surface area contributed by atoms with Gasteiger partial charge in [0.2, 0.25) is 0 Å². The number of imidazole rings is 1. The summed E-state index contributed by atoms with van der Waals surface area (Å²) in [5, 5.41) is 3.85. The lowest BCUT2D eigenvalue weighted by atomic mass is 10.0. The van der Waals surface area contributed by atoms with Gasteiger partial charge in [-0.3, -0.25) is 4.98 Å². The largest absolute Gasteiger partial charge is 0.435 e. The molecule has 0 saturated heterocycles. The van der Waals surface area contributed by atoms with E-state index in [0.717, 1.165) is 16.7 Å². The third-order valence-corrected chi connectivity index (χ3v) is 3.68. The van der Waals surface area contributed by atoms with Crippen LogP contribution < -0.4 is 0 Å². The van der Waals surface area contributed by atoms with Gasteiger partial charge in [0, 0.05) is 23.5 Å². The van der Waals surface area contributed by atoms with E-state index in [1.54, 1.807) is 12.4 Å². The van der Waals surface area contributed by atoms with Crippen molar-refractivity contribution in [2.24, 2.45) is 0 Å². The van der Waals surface area contributed by atoms with Crippen molar-refractivity contribution in [3.05, 3.63) is 66.9 Å². The fourth-order valence-electron chi connectivity index (χ4n) is 2.50. The highest BCUT2D eigenvalue weighted by atomic mass is 19.4. The van der Waals surface area contributed by atoms with E-state index in [1.165, 1.54) is 10.7 Å². The highest BCUT2D eigenvalue weighted by Gasteiger charge is 2.33. The maximum Gasteiger partial charge on any atom is 0.435 e. The Morgan fingerprint density at radius 2 is 1.68 bits per heavy atom. The second-order valence-electron chi connectivity index (χ2n) is 5.32. The molecule has 0 unspecified atom stereocenters. The number of fused-ring (bicyclic) bond motifs is 1. The van der Waals surface area contributed by atoms with Crippen LogP contribution in [0, 0.1) is 0 Å². The van der Waals surface area contributed by atoms with Crippen LogP contribution in [0.1, 0.15) is 5.69 Å². The molecule has 0 spiro atoms. The van der Waals surface area contributed by atoms with Crippen LogP contribution in [0.5, 0.6) is 0 Å². The molecule has 4 aromatic rings. The van der Waals surface area contributed by atoms with Gasteiger partial charge in [-0.15, -0.1) is 0 Å². The van der Waals surface area contributed by atoms with Crippen molar-refractivity contribution in [3.8, 4) is 22.4 Å². The summed E-state index contributed by atoms with van der Waals surface area (Å²) in [7, 11) is 0. The standard InChI is InChI=1S/C17H10F3N5/c18-17(19,20)15-10-23-25-14(9-22-16(25)24-15)12-4-1-3-11(7-12)13-5-2-6-21-8-13/h1-10H. The van der Waals surface area contributed by atoms with Crippen molar-refractivity contribution in [1.82, 2.24) is 24.6 Å². The van der Waals surface area contributed by atoms with Crippen LogP contribution in [0.2, 0.25) is 0 Å². The molecule has 3 heterocycles. The van der Waals surface area contributed by atoms with Gasteiger partial charge in [0.15, 0.2) is 5.69 Å². The van der Waals surface area contributed by atoms with Gasteiger partial charge in [-0.05, 0) is 17.7 Å². The lowest BCUT2D eigenvalue weighted by molar-refractivity contribution is -0.141. The maximum atomic E-state index is 12.7. The molecular weight excluding hydrogens is 331 g/mol. The van der Waals surface area contributed by atoms with E-state index in [9.17, 15) is 13.2 Å². The first kappa shape index (κ1) is 15.3. The minimum absolute atomic E-state index is 0.100. The molecule has 0 amide bonds. The number of aromatic nitrogens is 5. The molecule has 0 aliphatic heterocycles. The monoisotopic (exact) mass is 341 g/mol. The van der Waals surface area contributed by atoms with Crippen LogP contribution >= 0.6 is 0 Å². The van der Waals surface area contributed by atoms with Gasteiger partial charge in [-0.2, -0.15) is 22.8 Å². The van der Waals surface area contributed by atoms with Gasteiger partial charge >= 0.3 is 6.18 Å². The van der Waals surface area contributed by atoms with Gasteiger partial charge in [0.25, 0.3) is 5.78 Å². The van der Waals surface area contributed by atoms with Crippen molar-refractivity contribution in [1.29, 1.82) is 0 Å². The van der Waals surface area contributed by atoms with Crippen LogP contribution in [0.15, 0.2) is 61.2 Å². The number of rotatable bonds is 2. The van der Waals surface area contributed by atoms with Crippen molar-refractivity contribution >= 4 is 5.78 Å². The fourth-order valence-corrected chi connectivity index (χ4v) is 2.50. The highest BCUT2D eigenvalue weighted by molar-refractivity contribution is 5.71. The molecule has 3 aromatic heterocycles. The van der Waals surface area contributed by atoms with Gasteiger partial charge in [-0.1, -0.05) is 24.3 Å². The SMILES string of the molecule is FC(F)(F)c1cnn2c(-c3cccc(-c4cccnc4)c3)cnc2n1. The topological polar surface area (TPSA) is 56.0 Å². The van der Waals surface area contributed by atoms with Crippen LogP contribution in [-0.4, -0.2) is 24.6 Å². The Bertz CT molecular complexity index is 1040. The zero-order valence-corrected chi connectivity index (χ0v) is 12.6. The second-order valence-corrected chi connectivity index (χ2v) is 5.32. The number of alkyl halides is 3. The average Bonchev–Trinajstić information content (AvgIpc) is 3.05.